The molecule has 2 aromatic heterocycles. The van der Waals surface area contributed by atoms with Crippen LogP contribution in [0.5, 0.6) is 0 Å². The van der Waals surface area contributed by atoms with E-state index in [1.807, 2.05) is 45.0 Å². The molecule has 0 radical (unpaired) electrons. The van der Waals surface area contributed by atoms with E-state index in [1.54, 1.807) is 0 Å². The van der Waals surface area contributed by atoms with Gasteiger partial charge in [0.05, 0.1) is 11.7 Å². The molecule has 0 fully saturated rings. The number of nitrogens with zero attached hydrogens (tertiary/aromatic N) is 3. The number of carbonyl (C=O) groups is 1. The summed E-state index contributed by atoms with van der Waals surface area (Å²) in [4.78, 5) is 21.6. The Morgan fingerprint density at radius 1 is 1.25 bits per heavy atom. The fourth-order valence-electron chi connectivity index (χ4n) is 2.19. The molecule has 24 heavy (non-hydrogen) atoms. The number of benzene rings is 1. The summed E-state index contributed by atoms with van der Waals surface area (Å²) in [5, 5.41) is 10.6. The molecule has 0 aliphatic rings. The fraction of sp³-hybridized carbons (Fsp3) is 0.250. The minimum absolute atomic E-state index is 0.181. The lowest BCUT2D eigenvalue weighted by atomic mass is 10.2. The van der Waals surface area contributed by atoms with Crippen molar-refractivity contribution in [2.45, 2.75) is 26.8 Å². The van der Waals surface area contributed by atoms with Crippen LogP contribution in [-0.4, -0.2) is 26.1 Å². The number of amides is 1. The summed E-state index contributed by atoms with van der Waals surface area (Å²) in [7, 11) is 0. The second-order valence-electron chi connectivity index (χ2n) is 5.53. The number of carbonyl (C=O) groups excluding carboxylic acids is 1. The van der Waals surface area contributed by atoms with E-state index in [4.69, 9.17) is 5.73 Å². The largest absolute Gasteiger partial charge is 0.322 e. The average Bonchev–Trinajstić information content (AvgIpc) is 3.14. The third kappa shape index (κ3) is 3.34. The third-order valence-corrected chi connectivity index (χ3v) is 4.76. The van der Waals surface area contributed by atoms with Crippen LogP contribution in [0.2, 0.25) is 0 Å². The van der Waals surface area contributed by atoms with Crippen molar-refractivity contribution in [3.05, 3.63) is 45.7 Å². The predicted molar refractivity (Wildman–Crippen MR) is 94.0 cm³/mol. The van der Waals surface area contributed by atoms with Crippen LogP contribution in [0.3, 0.4) is 0 Å². The molecule has 0 bridgehead atoms. The molecular formula is C16H18N6OS. The van der Waals surface area contributed by atoms with Gasteiger partial charge >= 0.3 is 0 Å². The molecule has 1 amide bonds. The van der Waals surface area contributed by atoms with Crippen molar-refractivity contribution in [2.24, 2.45) is 5.73 Å². The number of aryl methyl sites for hydroxylation is 2. The second-order valence-corrected chi connectivity index (χ2v) is 6.56. The molecule has 124 valence electrons. The van der Waals surface area contributed by atoms with Crippen molar-refractivity contribution in [1.82, 2.24) is 20.2 Å². The molecule has 7 nitrogen and oxygen atoms in total. The number of rotatable bonds is 4. The SMILES string of the molecule is Cc1nc(-c2ccc(NC(=O)c3sc(C(C)N)nc3C)cc2)n[nH]1. The highest BCUT2D eigenvalue weighted by Gasteiger charge is 2.17. The summed E-state index contributed by atoms with van der Waals surface area (Å²) in [5.74, 6) is 1.21. The Kier molecular flexibility index (Phi) is 4.41. The number of nitrogens with two attached hydrogens (primary N) is 1. The van der Waals surface area contributed by atoms with Crippen molar-refractivity contribution in [1.29, 1.82) is 0 Å². The minimum atomic E-state index is -0.182. The average molecular weight is 342 g/mol. The molecule has 3 rings (SSSR count). The summed E-state index contributed by atoms with van der Waals surface area (Å²) in [6.07, 6.45) is 0. The van der Waals surface area contributed by atoms with Crippen molar-refractivity contribution >= 4 is 22.9 Å². The first-order chi connectivity index (χ1) is 11.4. The molecule has 2 heterocycles. The Hall–Kier alpha value is -2.58. The van der Waals surface area contributed by atoms with Gasteiger partial charge in [-0.2, -0.15) is 5.10 Å². The fourth-order valence-corrected chi connectivity index (χ4v) is 3.10. The first-order valence-electron chi connectivity index (χ1n) is 7.47. The predicted octanol–water partition coefficient (Wildman–Crippen LogP) is 2.82. The van der Waals surface area contributed by atoms with Gasteiger partial charge in [-0.05, 0) is 45.0 Å². The van der Waals surface area contributed by atoms with Gasteiger partial charge in [0.15, 0.2) is 5.82 Å². The van der Waals surface area contributed by atoms with Crippen molar-refractivity contribution in [3.63, 3.8) is 0 Å². The molecule has 0 aliphatic carbocycles. The van der Waals surface area contributed by atoms with Gasteiger partial charge in [0.1, 0.15) is 15.7 Å². The maximum Gasteiger partial charge on any atom is 0.267 e. The molecule has 1 aromatic carbocycles. The Balaban J connectivity index is 1.75. The zero-order valence-electron chi connectivity index (χ0n) is 13.6. The number of aromatic nitrogens is 4. The highest BCUT2D eigenvalue weighted by Crippen LogP contribution is 2.24. The molecule has 0 aliphatic heterocycles. The van der Waals surface area contributed by atoms with Crippen LogP contribution in [0.4, 0.5) is 5.69 Å². The van der Waals surface area contributed by atoms with Crippen LogP contribution in [0.25, 0.3) is 11.4 Å². The third-order valence-electron chi connectivity index (χ3n) is 3.41. The van der Waals surface area contributed by atoms with Gasteiger partial charge in [-0.25, -0.2) is 9.97 Å². The second kappa shape index (κ2) is 6.50. The molecule has 0 spiro atoms. The van der Waals surface area contributed by atoms with Gasteiger partial charge < -0.3 is 11.1 Å². The standard InChI is InChI=1S/C16H18N6OS/c1-8(17)16-18-9(2)13(24-16)15(23)20-12-6-4-11(5-7-12)14-19-10(3)21-22-14/h4-8H,17H2,1-3H3,(H,20,23)(H,19,21,22). The van der Waals surface area contributed by atoms with Gasteiger partial charge in [0, 0.05) is 11.3 Å². The van der Waals surface area contributed by atoms with E-state index in [0.717, 1.165) is 16.4 Å². The Morgan fingerprint density at radius 2 is 1.96 bits per heavy atom. The number of aromatic amines is 1. The van der Waals surface area contributed by atoms with Gasteiger partial charge in [0.25, 0.3) is 5.91 Å². The van der Waals surface area contributed by atoms with E-state index < -0.39 is 0 Å². The maximum atomic E-state index is 12.4. The van der Waals surface area contributed by atoms with Crippen molar-refractivity contribution in [2.75, 3.05) is 5.32 Å². The summed E-state index contributed by atoms with van der Waals surface area (Å²) >= 11 is 1.33. The van der Waals surface area contributed by atoms with E-state index in [1.165, 1.54) is 11.3 Å². The van der Waals surface area contributed by atoms with Crippen LogP contribution < -0.4 is 11.1 Å². The summed E-state index contributed by atoms with van der Waals surface area (Å²) in [5.41, 5.74) is 8.10. The lowest BCUT2D eigenvalue weighted by molar-refractivity contribution is 0.103. The van der Waals surface area contributed by atoms with E-state index in [2.05, 4.69) is 25.5 Å². The number of thiazole rings is 1. The Morgan fingerprint density at radius 3 is 2.50 bits per heavy atom. The molecule has 1 unspecified atom stereocenters. The first-order valence-corrected chi connectivity index (χ1v) is 8.29. The lowest BCUT2D eigenvalue weighted by Gasteiger charge is -2.04. The zero-order valence-corrected chi connectivity index (χ0v) is 14.4. The molecule has 8 heteroatoms. The molecule has 4 N–H and O–H groups in total. The Labute approximate surface area is 143 Å². The summed E-state index contributed by atoms with van der Waals surface area (Å²) in [6, 6.07) is 7.19. The van der Waals surface area contributed by atoms with Crippen LogP contribution >= 0.6 is 11.3 Å². The van der Waals surface area contributed by atoms with Gasteiger partial charge in [-0.3, -0.25) is 9.89 Å². The maximum absolute atomic E-state index is 12.4. The molecule has 0 saturated heterocycles. The van der Waals surface area contributed by atoms with Crippen LogP contribution in [0, 0.1) is 13.8 Å². The Bertz CT molecular complexity index is 865. The highest BCUT2D eigenvalue weighted by atomic mass is 32.1. The molecule has 1 atom stereocenters. The van der Waals surface area contributed by atoms with E-state index in [-0.39, 0.29) is 11.9 Å². The smallest absolute Gasteiger partial charge is 0.267 e. The van der Waals surface area contributed by atoms with Crippen molar-refractivity contribution < 1.29 is 4.79 Å². The summed E-state index contributed by atoms with van der Waals surface area (Å²) < 4.78 is 0. The van der Waals surface area contributed by atoms with E-state index >= 15 is 0 Å². The molecule has 3 aromatic rings. The number of hydrogen-bond donors (Lipinski definition) is 3. The monoisotopic (exact) mass is 342 g/mol. The van der Waals surface area contributed by atoms with Gasteiger partial charge in [-0.15, -0.1) is 11.3 Å². The quantitative estimate of drug-likeness (QED) is 0.675. The number of nitrogens with one attached hydrogen (secondary N) is 2. The number of H-pyrrole nitrogens is 1. The number of hydrogen-bond acceptors (Lipinski definition) is 6. The van der Waals surface area contributed by atoms with Crippen LogP contribution in [-0.2, 0) is 0 Å². The van der Waals surface area contributed by atoms with Crippen LogP contribution in [0.15, 0.2) is 24.3 Å². The zero-order chi connectivity index (χ0) is 17.3. The van der Waals surface area contributed by atoms with E-state index in [9.17, 15) is 4.79 Å². The first kappa shape index (κ1) is 16.3. The highest BCUT2D eigenvalue weighted by molar-refractivity contribution is 7.14. The normalized spacial score (nSPS) is 12.2. The van der Waals surface area contributed by atoms with E-state index in [0.29, 0.717) is 22.1 Å². The van der Waals surface area contributed by atoms with Gasteiger partial charge in [-0.1, -0.05) is 0 Å². The minimum Gasteiger partial charge on any atom is -0.322 e. The van der Waals surface area contributed by atoms with Crippen LogP contribution in [0.1, 0.15) is 39.2 Å². The van der Waals surface area contributed by atoms with Crippen molar-refractivity contribution in [3.8, 4) is 11.4 Å². The topological polar surface area (TPSA) is 110 Å². The molecular weight excluding hydrogens is 324 g/mol. The summed E-state index contributed by atoms with van der Waals surface area (Å²) in [6.45, 7) is 5.51. The number of anilines is 1. The van der Waals surface area contributed by atoms with Gasteiger partial charge in [0.2, 0.25) is 0 Å². The molecule has 0 saturated carbocycles. The lowest BCUT2D eigenvalue weighted by Crippen LogP contribution is -2.11.